The van der Waals surface area contributed by atoms with Crippen LogP contribution in [0.4, 0.5) is 0 Å². The Bertz CT molecular complexity index is 418. The van der Waals surface area contributed by atoms with Gasteiger partial charge in [0.25, 0.3) is 0 Å². The average Bonchev–Trinajstić information content (AvgIpc) is 2.26. The zero-order valence-corrected chi connectivity index (χ0v) is 15.2. The van der Waals surface area contributed by atoms with Crippen LogP contribution in [0, 0.1) is 0 Å². The van der Waals surface area contributed by atoms with E-state index in [4.69, 9.17) is 5.73 Å². The van der Waals surface area contributed by atoms with Crippen LogP contribution in [-0.2, 0) is 0 Å². The van der Waals surface area contributed by atoms with Gasteiger partial charge in [-0.15, -0.1) is 12.4 Å². The van der Waals surface area contributed by atoms with Gasteiger partial charge in [-0.2, -0.15) is 0 Å². The third kappa shape index (κ3) is 4.08. The van der Waals surface area contributed by atoms with E-state index >= 15 is 0 Å². The zero-order valence-electron chi connectivity index (χ0n) is 9.66. The van der Waals surface area contributed by atoms with Crippen molar-refractivity contribution in [3.8, 4) is 5.75 Å². The number of aliphatic hydroxyl groups is 1. The maximum Gasteiger partial charge on any atom is 0.144 e. The van der Waals surface area contributed by atoms with Gasteiger partial charge in [-0.25, -0.2) is 0 Å². The fraction of sp³-hybridized carbons (Fsp3) is 0.455. The second-order valence-corrected chi connectivity index (χ2v) is 6.30. The number of halogens is 4. The molecule has 0 amide bonds. The summed E-state index contributed by atoms with van der Waals surface area (Å²) in [7, 11) is 0. The van der Waals surface area contributed by atoms with Gasteiger partial charge >= 0.3 is 0 Å². The molecule has 0 radical (unpaired) electrons. The first-order chi connectivity index (χ1) is 7.90. The molecule has 0 fully saturated rings. The molecule has 0 aliphatic rings. The van der Waals surface area contributed by atoms with Gasteiger partial charge in [0, 0.05) is 10.0 Å². The van der Waals surface area contributed by atoms with E-state index in [-0.39, 0.29) is 18.2 Å². The number of aliphatic hydroxyl groups excluding tert-OH is 1. The van der Waals surface area contributed by atoms with Crippen LogP contribution in [0.25, 0.3) is 0 Å². The summed E-state index contributed by atoms with van der Waals surface area (Å²) in [4.78, 5) is 0. The van der Waals surface area contributed by atoms with Crippen molar-refractivity contribution in [1.82, 2.24) is 0 Å². The van der Waals surface area contributed by atoms with E-state index < -0.39 is 12.1 Å². The lowest BCUT2D eigenvalue weighted by Gasteiger charge is -2.22. The van der Waals surface area contributed by atoms with E-state index in [2.05, 4.69) is 47.8 Å². The van der Waals surface area contributed by atoms with E-state index in [9.17, 15) is 10.2 Å². The Morgan fingerprint density at radius 1 is 1.28 bits per heavy atom. The number of phenolic OH excluding ortho intramolecular Hbond substituents is 1. The number of hydrogen-bond acceptors (Lipinski definition) is 3. The lowest BCUT2D eigenvalue weighted by molar-refractivity contribution is 0.133. The maximum absolute atomic E-state index is 9.92. The van der Waals surface area contributed by atoms with Crippen LogP contribution in [0.2, 0.25) is 0 Å². The lowest BCUT2D eigenvalue weighted by atomic mass is 9.99. The van der Waals surface area contributed by atoms with E-state index in [1.165, 1.54) is 0 Å². The van der Waals surface area contributed by atoms with Crippen molar-refractivity contribution < 1.29 is 10.2 Å². The van der Waals surface area contributed by atoms with Crippen molar-refractivity contribution in [2.45, 2.75) is 31.9 Å². The number of rotatable bonds is 4. The van der Waals surface area contributed by atoms with Gasteiger partial charge < -0.3 is 15.9 Å². The van der Waals surface area contributed by atoms with Gasteiger partial charge in [-0.1, -0.05) is 29.3 Å². The molecular formula is C11H15Br3ClNO2. The highest BCUT2D eigenvalue weighted by atomic mass is 79.9. The molecule has 1 rings (SSSR count). The Kier molecular flexibility index (Phi) is 8.37. The van der Waals surface area contributed by atoms with Gasteiger partial charge in [0.15, 0.2) is 0 Å². The van der Waals surface area contributed by atoms with Gasteiger partial charge in [-0.05, 0) is 44.3 Å². The fourth-order valence-corrected chi connectivity index (χ4v) is 4.22. The molecule has 0 unspecified atom stereocenters. The maximum atomic E-state index is 9.92. The minimum absolute atomic E-state index is 0. The van der Waals surface area contributed by atoms with Crippen molar-refractivity contribution in [3.63, 3.8) is 0 Å². The van der Waals surface area contributed by atoms with Crippen molar-refractivity contribution in [2.24, 2.45) is 5.73 Å². The molecule has 0 spiro atoms. The first-order valence-electron chi connectivity index (χ1n) is 5.20. The molecule has 18 heavy (non-hydrogen) atoms. The number of aromatic hydroxyl groups is 1. The largest absolute Gasteiger partial charge is 0.506 e. The molecule has 1 aromatic carbocycles. The molecule has 0 aliphatic carbocycles. The standard InChI is InChI=1S/C11H14Br3NO2.ClH/c1-2-3-7(16)10(15)8-5(12)4-6(13)11(17)9(8)14;/h4,7,10,16-17H,2-3,15H2,1H3;1H/t7-,10-;/m1./s1. The molecule has 0 aromatic heterocycles. The second kappa shape index (κ2) is 8.07. The molecule has 0 bridgehead atoms. The Morgan fingerprint density at radius 2 is 1.83 bits per heavy atom. The summed E-state index contributed by atoms with van der Waals surface area (Å²) >= 11 is 9.93. The molecular weight excluding hydrogens is 453 g/mol. The van der Waals surface area contributed by atoms with E-state index in [0.29, 0.717) is 20.9 Å². The minimum atomic E-state index is -0.631. The molecule has 0 aliphatic heterocycles. The van der Waals surface area contributed by atoms with Crippen LogP contribution < -0.4 is 5.73 Å². The predicted molar refractivity (Wildman–Crippen MR) is 86.3 cm³/mol. The summed E-state index contributed by atoms with van der Waals surface area (Å²) in [6.07, 6.45) is 0.844. The smallest absolute Gasteiger partial charge is 0.144 e. The third-order valence-electron chi connectivity index (χ3n) is 2.51. The third-order valence-corrected chi connectivity index (χ3v) is 4.58. The Balaban J connectivity index is 0.00000289. The molecule has 2 atom stereocenters. The Hall–Kier alpha value is 0.670. The van der Waals surface area contributed by atoms with Crippen molar-refractivity contribution >= 4 is 60.2 Å². The minimum Gasteiger partial charge on any atom is -0.506 e. The quantitative estimate of drug-likeness (QED) is 0.619. The fourth-order valence-electron chi connectivity index (χ4n) is 1.57. The van der Waals surface area contributed by atoms with Gasteiger partial charge in [0.1, 0.15) is 5.75 Å². The normalized spacial score (nSPS) is 13.9. The van der Waals surface area contributed by atoms with Crippen LogP contribution in [0.3, 0.4) is 0 Å². The Labute approximate surface area is 138 Å². The van der Waals surface area contributed by atoms with Crippen molar-refractivity contribution in [2.75, 3.05) is 0 Å². The Morgan fingerprint density at radius 3 is 2.33 bits per heavy atom. The van der Waals surface area contributed by atoms with Crippen molar-refractivity contribution in [3.05, 3.63) is 25.0 Å². The van der Waals surface area contributed by atoms with Crippen LogP contribution in [-0.4, -0.2) is 16.3 Å². The zero-order chi connectivity index (χ0) is 13.2. The van der Waals surface area contributed by atoms with Crippen LogP contribution in [0.1, 0.15) is 31.4 Å². The first kappa shape index (κ1) is 18.7. The second-order valence-electron chi connectivity index (χ2n) is 3.80. The number of benzene rings is 1. The highest BCUT2D eigenvalue weighted by Crippen LogP contribution is 2.42. The first-order valence-corrected chi connectivity index (χ1v) is 7.58. The van der Waals surface area contributed by atoms with Gasteiger partial charge in [-0.3, -0.25) is 0 Å². The van der Waals surface area contributed by atoms with Gasteiger partial charge in [0.05, 0.1) is 21.1 Å². The summed E-state index contributed by atoms with van der Waals surface area (Å²) in [5, 5.41) is 19.7. The average molecular weight is 468 g/mol. The topological polar surface area (TPSA) is 66.5 Å². The van der Waals surface area contributed by atoms with Crippen LogP contribution in [0.5, 0.6) is 5.75 Å². The summed E-state index contributed by atoms with van der Waals surface area (Å²) < 4.78 is 1.82. The molecule has 1 aromatic rings. The highest BCUT2D eigenvalue weighted by Gasteiger charge is 2.23. The predicted octanol–water partition coefficient (Wildman–Crippen LogP) is 4.26. The van der Waals surface area contributed by atoms with Gasteiger partial charge in [0.2, 0.25) is 0 Å². The number of nitrogens with two attached hydrogens (primary N) is 1. The molecule has 104 valence electrons. The van der Waals surface area contributed by atoms with Crippen molar-refractivity contribution in [1.29, 1.82) is 0 Å². The van der Waals surface area contributed by atoms with E-state index in [1.807, 2.05) is 6.92 Å². The SMILES string of the molecule is CCC[C@@H](O)[C@@H](N)c1c(Br)cc(Br)c(O)c1Br.Cl. The van der Waals surface area contributed by atoms with Crippen LogP contribution in [0.15, 0.2) is 19.5 Å². The lowest BCUT2D eigenvalue weighted by Crippen LogP contribution is -2.26. The van der Waals surface area contributed by atoms with Crippen LogP contribution >= 0.6 is 60.2 Å². The molecule has 0 saturated carbocycles. The van der Waals surface area contributed by atoms with E-state index in [0.717, 1.165) is 10.9 Å². The molecule has 0 heterocycles. The molecule has 4 N–H and O–H groups in total. The molecule has 0 saturated heterocycles. The highest BCUT2D eigenvalue weighted by molar-refractivity contribution is 9.11. The summed E-state index contributed by atoms with van der Waals surface area (Å²) in [6, 6.07) is 1.17. The number of phenols is 1. The molecule has 3 nitrogen and oxygen atoms in total. The summed E-state index contributed by atoms with van der Waals surface area (Å²) in [6.45, 7) is 1.99. The summed E-state index contributed by atoms with van der Waals surface area (Å²) in [5.74, 6) is 0.0855. The van der Waals surface area contributed by atoms with E-state index in [1.54, 1.807) is 6.07 Å². The summed E-state index contributed by atoms with van der Waals surface area (Å²) in [5.41, 5.74) is 6.68. The molecule has 7 heteroatoms. The monoisotopic (exact) mass is 465 g/mol. The number of hydrogen-bond donors (Lipinski definition) is 3.